The third-order valence-electron chi connectivity index (χ3n) is 3.19. The van der Waals surface area contributed by atoms with Crippen LogP contribution in [-0.4, -0.2) is 4.98 Å². The predicted molar refractivity (Wildman–Crippen MR) is 76.3 cm³/mol. The summed E-state index contributed by atoms with van der Waals surface area (Å²) in [6, 6.07) is 14.7. The molecule has 3 heteroatoms. The molecule has 94 valence electrons. The lowest BCUT2D eigenvalue weighted by atomic mass is 10.1. The molecule has 0 fully saturated rings. The van der Waals surface area contributed by atoms with Crippen molar-refractivity contribution in [2.75, 3.05) is 5.73 Å². The number of hydrogen-bond donors (Lipinski definition) is 1. The van der Waals surface area contributed by atoms with E-state index >= 15 is 0 Å². The Morgan fingerprint density at radius 2 is 1.79 bits per heavy atom. The number of halogens is 1. The van der Waals surface area contributed by atoms with E-state index in [9.17, 15) is 4.39 Å². The highest BCUT2D eigenvalue weighted by molar-refractivity contribution is 5.93. The molecule has 0 aliphatic heterocycles. The fourth-order valence-corrected chi connectivity index (χ4v) is 2.14. The predicted octanol–water partition coefficient (Wildman–Crippen LogP) is 3.93. The Labute approximate surface area is 110 Å². The molecule has 0 aliphatic rings. The lowest BCUT2D eigenvalue weighted by Gasteiger charge is -2.08. The fraction of sp³-hybridized carbons (Fsp3) is 0.0625. The van der Waals surface area contributed by atoms with Crippen molar-refractivity contribution in [3.8, 4) is 11.3 Å². The van der Waals surface area contributed by atoms with Gasteiger partial charge < -0.3 is 5.73 Å². The van der Waals surface area contributed by atoms with Crippen LogP contribution in [0.2, 0.25) is 0 Å². The number of aryl methyl sites for hydroxylation is 1. The fourth-order valence-electron chi connectivity index (χ4n) is 2.14. The molecule has 1 heterocycles. The van der Waals surface area contributed by atoms with Crippen LogP contribution in [0.15, 0.2) is 48.5 Å². The smallest absolute Gasteiger partial charge is 0.128 e. The first kappa shape index (κ1) is 11.7. The standard InChI is InChI=1S/C16H13FN2/c1-10-7-12-14(18)9-15(11-5-3-2-4-6-11)19-16(12)8-13(10)17/h2-9H,1H3,(H2,18,19). The first-order valence-corrected chi connectivity index (χ1v) is 6.07. The number of nitrogens with two attached hydrogens (primary N) is 1. The number of aromatic nitrogens is 1. The molecule has 0 aliphatic carbocycles. The minimum atomic E-state index is -0.260. The van der Waals surface area contributed by atoms with E-state index < -0.39 is 0 Å². The van der Waals surface area contributed by atoms with Crippen molar-refractivity contribution in [3.05, 3.63) is 59.9 Å². The maximum absolute atomic E-state index is 13.6. The molecule has 3 rings (SSSR count). The maximum Gasteiger partial charge on any atom is 0.128 e. The first-order chi connectivity index (χ1) is 9.15. The summed E-state index contributed by atoms with van der Waals surface area (Å²) < 4.78 is 13.6. The van der Waals surface area contributed by atoms with Crippen LogP contribution in [0.25, 0.3) is 22.2 Å². The summed E-state index contributed by atoms with van der Waals surface area (Å²) in [5.74, 6) is -0.260. The van der Waals surface area contributed by atoms with Gasteiger partial charge in [0, 0.05) is 22.7 Å². The van der Waals surface area contributed by atoms with Gasteiger partial charge in [0.2, 0.25) is 0 Å². The zero-order chi connectivity index (χ0) is 13.4. The van der Waals surface area contributed by atoms with Gasteiger partial charge >= 0.3 is 0 Å². The highest BCUT2D eigenvalue weighted by Gasteiger charge is 2.08. The van der Waals surface area contributed by atoms with Gasteiger partial charge in [-0.1, -0.05) is 30.3 Å². The Kier molecular flexibility index (Phi) is 2.67. The molecule has 19 heavy (non-hydrogen) atoms. The Morgan fingerprint density at radius 1 is 1.05 bits per heavy atom. The van der Waals surface area contributed by atoms with Crippen LogP contribution in [0.5, 0.6) is 0 Å². The maximum atomic E-state index is 13.6. The summed E-state index contributed by atoms with van der Waals surface area (Å²) in [4.78, 5) is 4.49. The van der Waals surface area contributed by atoms with E-state index in [0.29, 0.717) is 16.8 Å². The van der Waals surface area contributed by atoms with Crippen molar-refractivity contribution in [2.45, 2.75) is 6.92 Å². The van der Waals surface area contributed by atoms with Gasteiger partial charge in [0.1, 0.15) is 5.82 Å². The van der Waals surface area contributed by atoms with Gasteiger partial charge in [-0.3, -0.25) is 0 Å². The average Bonchev–Trinajstić information content (AvgIpc) is 2.42. The van der Waals surface area contributed by atoms with Gasteiger partial charge in [0.25, 0.3) is 0 Å². The Morgan fingerprint density at radius 3 is 2.53 bits per heavy atom. The summed E-state index contributed by atoms with van der Waals surface area (Å²) >= 11 is 0. The monoisotopic (exact) mass is 252 g/mol. The van der Waals surface area contributed by atoms with Crippen LogP contribution in [0, 0.1) is 12.7 Å². The third-order valence-corrected chi connectivity index (χ3v) is 3.19. The minimum Gasteiger partial charge on any atom is -0.398 e. The van der Waals surface area contributed by atoms with Crippen LogP contribution in [0.4, 0.5) is 10.1 Å². The molecule has 0 bridgehead atoms. The van der Waals surface area contributed by atoms with Gasteiger partial charge in [-0.2, -0.15) is 0 Å². The number of benzene rings is 2. The number of nitrogen functional groups attached to an aromatic ring is 1. The van der Waals surface area contributed by atoms with E-state index in [1.54, 1.807) is 13.0 Å². The molecule has 2 nitrogen and oxygen atoms in total. The van der Waals surface area contributed by atoms with E-state index in [4.69, 9.17) is 5.73 Å². The van der Waals surface area contributed by atoms with Crippen molar-refractivity contribution < 1.29 is 4.39 Å². The van der Waals surface area contributed by atoms with Crippen molar-refractivity contribution in [3.63, 3.8) is 0 Å². The molecular weight excluding hydrogens is 239 g/mol. The number of anilines is 1. The number of rotatable bonds is 1. The van der Waals surface area contributed by atoms with Crippen LogP contribution in [0.1, 0.15) is 5.56 Å². The number of pyridine rings is 1. The van der Waals surface area contributed by atoms with Crippen molar-refractivity contribution >= 4 is 16.6 Å². The van der Waals surface area contributed by atoms with E-state index in [0.717, 1.165) is 16.6 Å². The molecule has 2 N–H and O–H groups in total. The molecule has 0 unspecified atom stereocenters. The molecule has 2 aromatic carbocycles. The van der Waals surface area contributed by atoms with Crippen molar-refractivity contribution in [2.24, 2.45) is 0 Å². The Balaban J connectivity index is 2.28. The summed E-state index contributed by atoms with van der Waals surface area (Å²) in [6.07, 6.45) is 0. The second-order valence-electron chi connectivity index (χ2n) is 4.58. The second kappa shape index (κ2) is 4.35. The van der Waals surface area contributed by atoms with Crippen LogP contribution >= 0.6 is 0 Å². The van der Waals surface area contributed by atoms with Gasteiger partial charge in [-0.05, 0) is 24.6 Å². The van der Waals surface area contributed by atoms with Crippen LogP contribution < -0.4 is 5.73 Å². The quantitative estimate of drug-likeness (QED) is 0.712. The molecule has 3 aromatic rings. The molecule has 0 saturated carbocycles. The highest BCUT2D eigenvalue weighted by Crippen LogP contribution is 2.27. The SMILES string of the molecule is Cc1cc2c(N)cc(-c3ccccc3)nc2cc1F. The zero-order valence-electron chi connectivity index (χ0n) is 10.5. The zero-order valence-corrected chi connectivity index (χ0v) is 10.5. The number of nitrogens with zero attached hydrogens (tertiary/aromatic N) is 1. The van der Waals surface area contributed by atoms with E-state index in [2.05, 4.69) is 4.98 Å². The van der Waals surface area contributed by atoms with Gasteiger partial charge in [-0.15, -0.1) is 0 Å². The highest BCUT2D eigenvalue weighted by atomic mass is 19.1. The number of hydrogen-bond acceptors (Lipinski definition) is 2. The third kappa shape index (κ3) is 2.03. The van der Waals surface area contributed by atoms with Gasteiger partial charge in [0.15, 0.2) is 0 Å². The molecule has 0 atom stereocenters. The molecule has 0 amide bonds. The van der Waals surface area contributed by atoms with E-state index in [1.807, 2.05) is 36.4 Å². The van der Waals surface area contributed by atoms with Crippen molar-refractivity contribution in [1.29, 1.82) is 0 Å². The van der Waals surface area contributed by atoms with Crippen molar-refractivity contribution in [1.82, 2.24) is 4.98 Å². The van der Waals surface area contributed by atoms with Gasteiger partial charge in [0.05, 0.1) is 11.2 Å². The molecule has 0 saturated heterocycles. The van der Waals surface area contributed by atoms with Crippen LogP contribution in [-0.2, 0) is 0 Å². The summed E-state index contributed by atoms with van der Waals surface area (Å²) in [7, 11) is 0. The normalized spacial score (nSPS) is 10.8. The minimum absolute atomic E-state index is 0.260. The molecule has 1 aromatic heterocycles. The van der Waals surface area contributed by atoms with Gasteiger partial charge in [-0.25, -0.2) is 9.37 Å². The van der Waals surface area contributed by atoms with E-state index in [-0.39, 0.29) is 5.82 Å². The lowest BCUT2D eigenvalue weighted by Crippen LogP contribution is -1.94. The Bertz CT molecular complexity index is 752. The summed E-state index contributed by atoms with van der Waals surface area (Å²) in [6.45, 7) is 1.72. The molecular formula is C16H13FN2. The second-order valence-corrected chi connectivity index (χ2v) is 4.58. The van der Waals surface area contributed by atoms with Crippen LogP contribution in [0.3, 0.4) is 0 Å². The lowest BCUT2D eigenvalue weighted by molar-refractivity contribution is 0.620. The topological polar surface area (TPSA) is 38.9 Å². The molecule has 0 radical (unpaired) electrons. The summed E-state index contributed by atoms with van der Waals surface area (Å²) in [5.41, 5.74) is 9.56. The largest absolute Gasteiger partial charge is 0.398 e. The van der Waals surface area contributed by atoms with E-state index in [1.165, 1.54) is 6.07 Å². The first-order valence-electron chi connectivity index (χ1n) is 6.07. The average molecular weight is 252 g/mol. The summed E-state index contributed by atoms with van der Waals surface area (Å²) in [5, 5.41) is 0.790. The Hall–Kier alpha value is -2.42. The molecule has 0 spiro atoms. The number of fused-ring (bicyclic) bond motifs is 1.